The van der Waals surface area contributed by atoms with Crippen LogP contribution in [0.2, 0.25) is 0 Å². The van der Waals surface area contributed by atoms with Gasteiger partial charge >= 0.3 is 0 Å². The first-order valence-electron chi connectivity index (χ1n) is 8.07. The van der Waals surface area contributed by atoms with Gasteiger partial charge in [0.05, 0.1) is 12.9 Å². The zero-order chi connectivity index (χ0) is 16.7. The summed E-state index contributed by atoms with van der Waals surface area (Å²) in [6.07, 6.45) is 5.85. The summed E-state index contributed by atoms with van der Waals surface area (Å²) in [5.74, 6) is 1.05. The van der Waals surface area contributed by atoms with Gasteiger partial charge in [0.25, 0.3) is 0 Å². The maximum absolute atomic E-state index is 11.8. The number of hydrogen-bond donors (Lipinski definition) is 1. The normalized spacial score (nSPS) is 17.7. The third-order valence-electron chi connectivity index (χ3n) is 4.17. The van der Waals surface area contributed by atoms with Gasteiger partial charge < -0.3 is 10.1 Å². The second-order valence-corrected chi connectivity index (χ2v) is 7.88. The van der Waals surface area contributed by atoms with Gasteiger partial charge in [0, 0.05) is 31.2 Å². The highest BCUT2D eigenvalue weighted by Gasteiger charge is 2.25. The molecule has 5 nitrogen and oxygen atoms in total. The van der Waals surface area contributed by atoms with E-state index in [0.717, 1.165) is 30.7 Å². The van der Waals surface area contributed by atoms with Crippen molar-refractivity contribution in [3.63, 3.8) is 0 Å². The number of rotatable bonds is 7. The quantitative estimate of drug-likeness (QED) is 0.827. The van der Waals surface area contributed by atoms with Gasteiger partial charge in [0.15, 0.2) is 0 Å². The Hall–Kier alpha value is -1.37. The van der Waals surface area contributed by atoms with Crippen LogP contribution in [0.1, 0.15) is 25.3 Å². The van der Waals surface area contributed by atoms with Crippen LogP contribution >= 0.6 is 0 Å². The van der Waals surface area contributed by atoms with Gasteiger partial charge in [-0.3, -0.25) is 0 Å². The van der Waals surface area contributed by atoms with Gasteiger partial charge in [0.2, 0.25) is 10.0 Å². The number of piperidine rings is 1. The molecule has 23 heavy (non-hydrogen) atoms. The summed E-state index contributed by atoms with van der Waals surface area (Å²) in [6, 6.07) is 8.27. The van der Waals surface area contributed by atoms with Crippen molar-refractivity contribution in [3.05, 3.63) is 35.9 Å². The van der Waals surface area contributed by atoms with Crippen molar-refractivity contribution < 1.29 is 13.2 Å². The molecule has 1 N–H and O–H groups in total. The van der Waals surface area contributed by atoms with Crippen molar-refractivity contribution in [2.75, 3.05) is 32.5 Å². The first-order valence-corrected chi connectivity index (χ1v) is 9.68. The van der Waals surface area contributed by atoms with Crippen LogP contribution in [-0.2, 0) is 10.0 Å². The highest BCUT2D eigenvalue weighted by Crippen LogP contribution is 2.18. The van der Waals surface area contributed by atoms with Crippen molar-refractivity contribution in [1.29, 1.82) is 0 Å². The zero-order valence-corrected chi connectivity index (χ0v) is 14.7. The minimum Gasteiger partial charge on any atom is -0.496 e. The van der Waals surface area contributed by atoms with Gasteiger partial charge in [-0.15, -0.1) is 0 Å². The van der Waals surface area contributed by atoms with E-state index in [2.05, 4.69) is 11.4 Å². The number of sulfonamides is 1. The summed E-state index contributed by atoms with van der Waals surface area (Å²) in [6.45, 7) is 3.69. The van der Waals surface area contributed by atoms with E-state index >= 15 is 0 Å². The number of hydrogen-bond acceptors (Lipinski definition) is 4. The molecule has 1 aliphatic rings. The second-order valence-electron chi connectivity index (χ2n) is 5.63. The summed E-state index contributed by atoms with van der Waals surface area (Å²) in [7, 11) is -1.37. The molecule has 1 heterocycles. The second kappa shape index (κ2) is 8.47. The molecule has 0 atom stereocenters. The first-order chi connectivity index (χ1) is 11.1. The molecule has 1 aliphatic heterocycles. The lowest BCUT2D eigenvalue weighted by Crippen LogP contribution is -2.45. The average molecular weight is 338 g/mol. The topological polar surface area (TPSA) is 58.6 Å². The molecule has 0 radical (unpaired) electrons. The Morgan fingerprint density at radius 3 is 2.65 bits per heavy atom. The molecule has 1 aromatic rings. The summed E-state index contributed by atoms with van der Waals surface area (Å²) in [5, 5.41) is 3.47. The summed E-state index contributed by atoms with van der Waals surface area (Å²) >= 11 is 0. The molecule has 0 amide bonds. The highest BCUT2D eigenvalue weighted by atomic mass is 32.2. The van der Waals surface area contributed by atoms with E-state index in [9.17, 15) is 8.42 Å². The van der Waals surface area contributed by atoms with Gasteiger partial charge in [-0.25, -0.2) is 12.7 Å². The van der Waals surface area contributed by atoms with Crippen LogP contribution in [0.4, 0.5) is 0 Å². The fourth-order valence-corrected chi connectivity index (χ4v) is 3.88. The Kier molecular flexibility index (Phi) is 6.62. The number of nitrogens with zero attached hydrogens (tertiary/aromatic N) is 1. The predicted octanol–water partition coefficient (Wildman–Crippen LogP) is 2.11. The average Bonchev–Trinajstić information content (AvgIpc) is 2.59. The molecular formula is C17H26N2O3S. The highest BCUT2D eigenvalue weighted by molar-refractivity contribution is 7.89. The largest absolute Gasteiger partial charge is 0.496 e. The number of methoxy groups -OCH3 is 1. The molecule has 1 fully saturated rings. The zero-order valence-electron chi connectivity index (χ0n) is 13.9. The van der Waals surface area contributed by atoms with E-state index in [4.69, 9.17) is 4.74 Å². The van der Waals surface area contributed by atoms with E-state index in [1.165, 1.54) is 0 Å². The summed E-state index contributed by atoms with van der Waals surface area (Å²) in [5.41, 5.74) is 1.06. The number of nitrogens with one attached hydrogen (secondary N) is 1. The SMILES string of the molecule is CCS(=O)(=O)N1CCC(NCC=Cc2ccccc2OC)CC1. The van der Waals surface area contributed by atoms with Crippen LogP contribution in [0.15, 0.2) is 30.3 Å². The Labute approximate surface area is 139 Å². The summed E-state index contributed by atoms with van der Waals surface area (Å²) < 4.78 is 30.6. The van der Waals surface area contributed by atoms with Crippen molar-refractivity contribution in [3.8, 4) is 5.75 Å². The Balaban J connectivity index is 1.77. The molecule has 1 aromatic carbocycles. The maximum atomic E-state index is 11.8. The lowest BCUT2D eigenvalue weighted by molar-refractivity contribution is 0.295. The van der Waals surface area contributed by atoms with Gasteiger partial charge in [-0.05, 0) is 25.8 Å². The van der Waals surface area contributed by atoms with Crippen molar-refractivity contribution in [1.82, 2.24) is 9.62 Å². The fourth-order valence-electron chi connectivity index (χ4n) is 2.75. The van der Waals surface area contributed by atoms with Crippen LogP contribution in [-0.4, -0.2) is 51.3 Å². The van der Waals surface area contributed by atoms with Gasteiger partial charge in [0.1, 0.15) is 5.75 Å². The molecule has 0 unspecified atom stereocenters. The van der Waals surface area contributed by atoms with Gasteiger partial charge in [-0.1, -0.05) is 30.4 Å². The van der Waals surface area contributed by atoms with E-state index in [1.807, 2.05) is 30.3 Å². The molecule has 0 saturated carbocycles. The fraction of sp³-hybridized carbons (Fsp3) is 0.529. The van der Waals surface area contributed by atoms with Crippen LogP contribution in [0.5, 0.6) is 5.75 Å². The van der Waals surface area contributed by atoms with Crippen molar-refractivity contribution in [2.45, 2.75) is 25.8 Å². The molecule has 0 aromatic heterocycles. The number of para-hydroxylation sites is 1. The minimum absolute atomic E-state index is 0.187. The monoisotopic (exact) mass is 338 g/mol. The first kappa shape index (κ1) is 18.0. The van der Waals surface area contributed by atoms with Crippen LogP contribution in [0.25, 0.3) is 6.08 Å². The standard InChI is InChI=1S/C17H26N2O3S/c1-3-23(20,21)19-13-10-16(11-14-19)18-12-6-8-15-7-4-5-9-17(15)22-2/h4-9,16,18H,3,10-14H2,1-2H3. The molecule has 6 heteroatoms. The Bertz CT molecular complexity index is 620. The van der Waals surface area contributed by atoms with Crippen LogP contribution < -0.4 is 10.1 Å². The maximum Gasteiger partial charge on any atom is 0.213 e. The number of ether oxygens (including phenoxy) is 1. The molecule has 0 spiro atoms. The number of benzene rings is 1. The van der Waals surface area contributed by atoms with Crippen molar-refractivity contribution >= 4 is 16.1 Å². The lowest BCUT2D eigenvalue weighted by Gasteiger charge is -2.31. The molecule has 0 bridgehead atoms. The molecule has 2 rings (SSSR count). The molecule has 0 aliphatic carbocycles. The van der Waals surface area contributed by atoms with Crippen molar-refractivity contribution in [2.24, 2.45) is 0 Å². The smallest absolute Gasteiger partial charge is 0.213 e. The van der Waals surface area contributed by atoms with E-state index in [0.29, 0.717) is 19.1 Å². The Morgan fingerprint density at radius 2 is 2.00 bits per heavy atom. The van der Waals surface area contributed by atoms with Crippen LogP contribution in [0, 0.1) is 0 Å². The van der Waals surface area contributed by atoms with E-state index in [-0.39, 0.29) is 5.75 Å². The summed E-state index contributed by atoms with van der Waals surface area (Å²) in [4.78, 5) is 0. The minimum atomic E-state index is -3.04. The van der Waals surface area contributed by atoms with Crippen LogP contribution in [0.3, 0.4) is 0 Å². The molecule has 1 saturated heterocycles. The Morgan fingerprint density at radius 1 is 1.30 bits per heavy atom. The molecular weight excluding hydrogens is 312 g/mol. The third-order valence-corrected chi connectivity index (χ3v) is 6.05. The lowest BCUT2D eigenvalue weighted by atomic mass is 10.1. The predicted molar refractivity (Wildman–Crippen MR) is 94.1 cm³/mol. The van der Waals surface area contributed by atoms with Gasteiger partial charge in [-0.2, -0.15) is 0 Å². The van der Waals surface area contributed by atoms with E-state index in [1.54, 1.807) is 18.3 Å². The molecule has 128 valence electrons. The van der Waals surface area contributed by atoms with E-state index < -0.39 is 10.0 Å². The third kappa shape index (κ3) is 5.06.